The third-order valence-corrected chi connectivity index (χ3v) is 10.4. The molecule has 0 unspecified atom stereocenters. The standard InChI is InChI=1S/C30H32Cl2IN3O4S/c1-2-28(30(38)34-22-9-6-7-10-22)35(19-25-26(31)13-8-14-27(25)32)29(37)20-36(23-17-15-21(33)16-18-23)41(39,40)24-11-4-3-5-12-24/h3-5,8,11-18,22,28H,2,6-7,9-10,19-20H2,1H3,(H,34,38)/t28-/m0/s1. The molecule has 1 saturated carbocycles. The zero-order chi connectivity index (χ0) is 29.6. The van der Waals surface area contributed by atoms with Gasteiger partial charge in [0.05, 0.1) is 10.6 Å². The highest BCUT2D eigenvalue weighted by Gasteiger charge is 2.35. The summed E-state index contributed by atoms with van der Waals surface area (Å²) in [5.41, 5.74) is 0.824. The Bertz CT molecular complexity index is 1450. The lowest BCUT2D eigenvalue weighted by Gasteiger charge is -2.34. The van der Waals surface area contributed by atoms with E-state index in [1.165, 1.54) is 17.0 Å². The van der Waals surface area contributed by atoms with Crippen LogP contribution in [0.25, 0.3) is 0 Å². The van der Waals surface area contributed by atoms with Crippen molar-refractivity contribution >= 4 is 73.3 Å². The van der Waals surface area contributed by atoms with Crippen LogP contribution in [0.15, 0.2) is 77.7 Å². The molecule has 0 spiro atoms. The van der Waals surface area contributed by atoms with E-state index in [-0.39, 0.29) is 23.4 Å². The summed E-state index contributed by atoms with van der Waals surface area (Å²) in [5.74, 6) is -0.824. The molecule has 0 aromatic heterocycles. The summed E-state index contributed by atoms with van der Waals surface area (Å²) in [5, 5.41) is 3.80. The molecule has 1 N–H and O–H groups in total. The highest BCUT2D eigenvalue weighted by molar-refractivity contribution is 14.1. The first-order chi connectivity index (χ1) is 19.6. The zero-order valence-electron chi connectivity index (χ0n) is 22.6. The molecule has 7 nitrogen and oxygen atoms in total. The SMILES string of the molecule is CC[C@@H](C(=O)NC1CCCC1)N(Cc1c(Cl)cccc1Cl)C(=O)CN(c1ccc(I)cc1)S(=O)(=O)c1ccccc1. The second-order valence-electron chi connectivity index (χ2n) is 9.94. The van der Waals surface area contributed by atoms with Crippen molar-refractivity contribution < 1.29 is 18.0 Å². The van der Waals surface area contributed by atoms with Gasteiger partial charge in [-0.1, -0.05) is 67.2 Å². The number of hydrogen-bond acceptors (Lipinski definition) is 4. The maximum atomic E-state index is 14.2. The van der Waals surface area contributed by atoms with Gasteiger partial charge in [-0.15, -0.1) is 0 Å². The van der Waals surface area contributed by atoms with Crippen LogP contribution in [0.3, 0.4) is 0 Å². The summed E-state index contributed by atoms with van der Waals surface area (Å²) in [7, 11) is -4.13. The van der Waals surface area contributed by atoms with Gasteiger partial charge in [0.2, 0.25) is 11.8 Å². The molecule has 1 aliphatic rings. The largest absolute Gasteiger partial charge is 0.352 e. The van der Waals surface area contributed by atoms with Crippen LogP contribution < -0.4 is 9.62 Å². The summed E-state index contributed by atoms with van der Waals surface area (Å²) in [6.07, 6.45) is 4.19. The van der Waals surface area contributed by atoms with Crippen molar-refractivity contribution in [2.24, 2.45) is 0 Å². The van der Waals surface area contributed by atoms with Crippen LogP contribution in [-0.2, 0) is 26.2 Å². The molecule has 4 rings (SSSR count). The van der Waals surface area contributed by atoms with Crippen molar-refractivity contribution in [1.29, 1.82) is 0 Å². The molecule has 1 aliphatic carbocycles. The van der Waals surface area contributed by atoms with Crippen molar-refractivity contribution in [3.63, 3.8) is 0 Å². The first-order valence-corrected chi connectivity index (χ1v) is 16.8. The van der Waals surface area contributed by atoms with Gasteiger partial charge in [-0.3, -0.25) is 13.9 Å². The Labute approximate surface area is 265 Å². The lowest BCUT2D eigenvalue weighted by molar-refractivity contribution is -0.140. The van der Waals surface area contributed by atoms with E-state index in [1.54, 1.807) is 60.7 Å². The Morgan fingerprint density at radius 1 is 0.951 bits per heavy atom. The number of carbonyl (C=O) groups is 2. The molecule has 0 bridgehead atoms. The number of nitrogens with zero attached hydrogens (tertiary/aromatic N) is 2. The van der Waals surface area contributed by atoms with Crippen LogP contribution in [-0.4, -0.2) is 43.8 Å². The van der Waals surface area contributed by atoms with Crippen LogP contribution in [0.2, 0.25) is 10.0 Å². The smallest absolute Gasteiger partial charge is 0.264 e. The summed E-state index contributed by atoms with van der Waals surface area (Å²) in [6, 6.07) is 19.1. The Morgan fingerprint density at radius 2 is 1.56 bits per heavy atom. The number of benzene rings is 3. The summed E-state index contributed by atoms with van der Waals surface area (Å²) < 4.78 is 29.8. The van der Waals surface area contributed by atoms with Crippen LogP contribution in [0, 0.1) is 3.57 Å². The lowest BCUT2D eigenvalue weighted by Crippen LogP contribution is -2.53. The molecule has 1 atom stereocenters. The van der Waals surface area contributed by atoms with E-state index in [4.69, 9.17) is 23.2 Å². The maximum Gasteiger partial charge on any atom is 0.264 e. The second kappa shape index (κ2) is 14.2. The fraction of sp³-hybridized carbons (Fsp3) is 0.333. The molecular weight excluding hydrogens is 696 g/mol. The number of halogens is 3. The molecule has 0 heterocycles. The van der Waals surface area contributed by atoms with Crippen LogP contribution >= 0.6 is 45.8 Å². The van der Waals surface area contributed by atoms with Crippen molar-refractivity contribution in [2.45, 2.75) is 62.6 Å². The molecule has 0 aliphatic heterocycles. The van der Waals surface area contributed by atoms with Crippen molar-refractivity contribution in [2.75, 3.05) is 10.8 Å². The second-order valence-corrected chi connectivity index (χ2v) is 13.9. The van der Waals surface area contributed by atoms with Gasteiger partial charge in [0.1, 0.15) is 12.6 Å². The van der Waals surface area contributed by atoms with Crippen LogP contribution in [0.1, 0.15) is 44.6 Å². The average Bonchev–Trinajstić information content (AvgIpc) is 3.47. The Hall–Kier alpha value is -2.34. The number of carbonyl (C=O) groups excluding carboxylic acids is 2. The Kier molecular flexibility index (Phi) is 11.0. The van der Waals surface area contributed by atoms with Crippen molar-refractivity contribution in [1.82, 2.24) is 10.2 Å². The summed E-state index contributed by atoms with van der Waals surface area (Å²) in [6.45, 7) is 1.25. The number of nitrogens with one attached hydrogen (secondary N) is 1. The van der Waals surface area contributed by atoms with E-state index in [0.717, 1.165) is 33.6 Å². The lowest BCUT2D eigenvalue weighted by atomic mass is 10.1. The molecule has 2 amide bonds. The van der Waals surface area contributed by atoms with E-state index in [2.05, 4.69) is 27.9 Å². The minimum absolute atomic E-state index is 0.0538. The Morgan fingerprint density at radius 3 is 2.15 bits per heavy atom. The highest BCUT2D eigenvalue weighted by Crippen LogP contribution is 2.29. The van der Waals surface area contributed by atoms with Gasteiger partial charge < -0.3 is 10.2 Å². The quantitative estimate of drug-likeness (QED) is 0.224. The van der Waals surface area contributed by atoms with E-state index in [0.29, 0.717) is 27.7 Å². The summed E-state index contributed by atoms with van der Waals surface area (Å²) >= 11 is 15.1. The van der Waals surface area contributed by atoms with Gasteiger partial charge in [0.25, 0.3) is 10.0 Å². The first kappa shape index (κ1) is 31.6. The van der Waals surface area contributed by atoms with Gasteiger partial charge in [0, 0.05) is 31.8 Å². The molecule has 3 aromatic rings. The van der Waals surface area contributed by atoms with E-state index >= 15 is 0 Å². The van der Waals surface area contributed by atoms with Gasteiger partial charge in [-0.05, 0) is 90.4 Å². The van der Waals surface area contributed by atoms with Gasteiger partial charge >= 0.3 is 0 Å². The predicted octanol–water partition coefficient (Wildman–Crippen LogP) is 6.66. The van der Waals surface area contributed by atoms with Crippen LogP contribution in [0.5, 0.6) is 0 Å². The van der Waals surface area contributed by atoms with Crippen molar-refractivity contribution in [3.8, 4) is 0 Å². The Balaban J connectivity index is 1.73. The third-order valence-electron chi connectivity index (χ3n) is 7.20. The molecule has 1 fully saturated rings. The molecule has 218 valence electrons. The zero-order valence-corrected chi connectivity index (χ0v) is 27.1. The predicted molar refractivity (Wildman–Crippen MR) is 172 cm³/mol. The minimum Gasteiger partial charge on any atom is -0.352 e. The normalized spacial score (nSPS) is 14.4. The monoisotopic (exact) mass is 727 g/mol. The third kappa shape index (κ3) is 7.74. The number of hydrogen-bond donors (Lipinski definition) is 1. The number of sulfonamides is 1. The first-order valence-electron chi connectivity index (χ1n) is 13.5. The number of anilines is 1. The summed E-state index contributed by atoms with van der Waals surface area (Å²) in [4.78, 5) is 29.2. The average molecular weight is 728 g/mol. The van der Waals surface area contributed by atoms with Gasteiger partial charge in [-0.25, -0.2) is 8.42 Å². The van der Waals surface area contributed by atoms with Crippen LogP contribution in [0.4, 0.5) is 5.69 Å². The highest BCUT2D eigenvalue weighted by atomic mass is 127. The molecule has 0 radical (unpaired) electrons. The fourth-order valence-corrected chi connectivity index (χ4v) is 7.31. The van der Waals surface area contributed by atoms with E-state index in [1.807, 2.05) is 6.92 Å². The molecule has 41 heavy (non-hydrogen) atoms. The number of amides is 2. The molecular formula is C30H32Cl2IN3O4S. The fourth-order valence-electron chi connectivity index (χ4n) is 5.00. The maximum absolute atomic E-state index is 14.2. The topological polar surface area (TPSA) is 86.8 Å². The van der Waals surface area contributed by atoms with E-state index < -0.39 is 28.5 Å². The molecule has 3 aromatic carbocycles. The van der Waals surface area contributed by atoms with E-state index in [9.17, 15) is 18.0 Å². The van der Waals surface area contributed by atoms with Gasteiger partial charge in [0.15, 0.2) is 0 Å². The van der Waals surface area contributed by atoms with Gasteiger partial charge in [-0.2, -0.15) is 0 Å². The number of rotatable bonds is 11. The molecule has 0 saturated heterocycles. The van der Waals surface area contributed by atoms with Crippen molar-refractivity contribution in [3.05, 3.63) is 92.0 Å². The minimum atomic E-state index is -4.13. The molecule has 11 heteroatoms.